The molecule has 1 heterocycles. The van der Waals surface area contributed by atoms with E-state index in [1.807, 2.05) is 36.4 Å². The van der Waals surface area contributed by atoms with Crippen LogP contribution in [0.5, 0.6) is 0 Å². The first-order valence-corrected chi connectivity index (χ1v) is 11.6. The van der Waals surface area contributed by atoms with Crippen LogP contribution in [-0.4, -0.2) is 52.4 Å². The van der Waals surface area contributed by atoms with Gasteiger partial charge in [-0.3, -0.25) is 9.59 Å². The lowest BCUT2D eigenvalue weighted by Crippen LogP contribution is -2.26. The van der Waals surface area contributed by atoms with Gasteiger partial charge in [-0.1, -0.05) is 13.8 Å². The minimum absolute atomic E-state index is 0. The fourth-order valence-electron chi connectivity index (χ4n) is 3.93. The number of likely N-dealkylation sites (N-methyl/N-ethyl adjacent to an activating group) is 1. The summed E-state index contributed by atoms with van der Waals surface area (Å²) >= 11 is 11.5. The van der Waals surface area contributed by atoms with Crippen molar-refractivity contribution < 1.29 is 9.59 Å². The number of Topliss-reactive ketones (excluding diaryl/α,β-unsaturated/α-hetero) is 2. The summed E-state index contributed by atoms with van der Waals surface area (Å²) in [6.07, 6.45) is 0.625. The fraction of sp³-hybridized carbons (Fsp3) is 0.417. The number of halogens is 3. The van der Waals surface area contributed by atoms with Gasteiger partial charge < -0.3 is 9.47 Å². The van der Waals surface area contributed by atoms with E-state index in [0.29, 0.717) is 35.7 Å². The predicted molar refractivity (Wildman–Crippen MR) is 134 cm³/mol. The molecule has 0 spiro atoms. The predicted octanol–water partition coefficient (Wildman–Crippen LogP) is 6.18. The molecule has 0 unspecified atom stereocenters. The molecular formula is C24H29Cl3N2O2. The molecule has 7 heteroatoms. The van der Waals surface area contributed by atoms with E-state index in [-0.39, 0.29) is 24.0 Å². The van der Waals surface area contributed by atoms with Gasteiger partial charge >= 0.3 is 0 Å². The molecule has 31 heavy (non-hydrogen) atoms. The largest absolute Gasteiger partial charge is 0.339 e. The molecule has 0 saturated heterocycles. The lowest BCUT2D eigenvalue weighted by molar-refractivity contribution is 0.0981. The number of carbonyl (C=O) groups is 2. The molecule has 0 atom stereocenters. The Balaban J connectivity index is 0.00000341. The third-order valence-corrected chi connectivity index (χ3v) is 6.06. The second-order valence-corrected chi connectivity index (χ2v) is 8.12. The molecule has 0 aliphatic rings. The number of carbonyl (C=O) groups excluding carboxylic acids is 2. The maximum atomic E-state index is 12.4. The number of aromatic nitrogens is 1. The van der Waals surface area contributed by atoms with Crippen LogP contribution in [-0.2, 0) is 6.54 Å². The Morgan fingerprint density at radius 1 is 0.839 bits per heavy atom. The van der Waals surface area contributed by atoms with Gasteiger partial charge in [0.15, 0.2) is 11.6 Å². The second kappa shape index (κ2) is 11.9. The zero-order valence-corrected chi connectivity index (χ0v) is 20.3. The molecular weight excluding hydrogens is 455 g/mol. The van der Waals surface area contributed by atoms with Crippen molar-refractivity contribution in [1.29, 1.82) is 0 Å². The zero-order chi connectivity index (χ0) is 21.7. The molecule has 0 bridgehead atoms. The van der Waals surface area contributed by atoms with E-state index in [1.54, 1.807) is 0 Å². The summed E-state index contributed by atoms with van der Waals surface area (Å²) in [5.41, 5.74) is 3.45. The van der Waals surface area contributed by atoms with Crippen molar-refractivity contribution in [2.45, 2.75) is 33.2 Å². The van der Waals surface area contributed by atoms with Crippen molar-refractivity contribution in [3.8, 4) is 0 Å². The fourth-order valence-corrected chi connectivity index (χ4v) is 4.28. The lowest BCUT2D eigenvalue weighted by Gasteiger charge is -2.19. The van der Waals surface area contributed by atoms with Gasteiger partial charge in [-0.25, -0.2) is 0 Å². The molecule has 0 aliphatic heterocycles. The SMILES string of the molecule is CCN(CC)CCn1c2ccc(C(=O)CCCl)cc2c2cc(C(=O)CCCl)ccc21.Cl. The summed E-state index contributed by atoms with van der Waals surface area (Å²) in [6.45, 7) is 8.11. The van der Waals surface area contributed by atoms with Crippen LogP contribution in [0.1, 0.15) is 47.4 Å². The third kappa shape index (κ3) is 5.61. The van der Waals surface area contributed by atoms with E-state index in [0.717, 1.165) is 48.0 Å². The smallest absolute Gasteiger partial charge is 0.164 e. The van der Waals surface area contributed by atoms with E-state index in [9.17, 15) is 9.59 Å². The highest BCUT2D eigenvalue weighted by Gasteiger charge is 2.16. The molecule has 0 fully saturated rings. The minimum Gasteiger partial charge on any atom is -0.339 e. The Morgan fingerprint density at radius 3 is 1.68 bits per heavy atom. The van der Waals surface area contributed by atoms with Crippen molar-refractivity contribution in [2.24, 2.45) is 0 Å². The summed E-state index contributed by atoms with van der Waals surface area (Å²) in [7, 11) is 0. The van der Waals surface area contributed by atoms with Crippen LogP contribution in [0.3, 0.4) is 0 Å². The summed E-state index contributed by atoms with van der Waals surface area (Å²) in [5.74, 6) is 0.676. The first kappa shape index (κ1) is 25.7. The molecule has 168 valence electrons. The van der Waals surface area contributed by atoms with Crippen LogP contribution in [0.15, 0.2) is 36.4 Å². The van der Waals surface area contributed by atoms with Crippen molar-refractivity contribution in [1.82, 2.24) is 9.47 Å². The van der Waals surface area contributed by atoms with E-state index >= 15 is 0 Å². The van der Waals surface area contributed by atoms with Gasteiger partial charge in [0, 0.05) is 70.6 Å². The highest BCUT2D eigenvalue weighted by Crippen LogP contribution is 2.31. The van der Waals surface area contributed by atoms with Crippen LogP contribution in [0.4, 0.5) is 0 Å². The quantitative estimate of drug-likeness (QED) is 0.241. The van der Waals surface area contributed by atoms with Crippen LogP contribution in [0.25, 0.3) is 21.8 Å². The number of hydrogen-bond acceptors (Lipinski definition) is 3. The number of hydrogen-bond donors (Lipinski definition) is 0. The number of nitrogens with zero attached hydrogens (tertiary/aromatic N) is 2. The minimum atomic E-state index is 0. The van der Waals surface area contributed by atoms with E-state index < -0.39 is 0 Å². The lowest BCUT2D eigenvalue weighted by atomic mass is 10.0. The van der Waals surface area contributed by atoms with Crippen molar-refractivity contribution in [2.75, 3.05) is 31.4 Å². The van der Waals surface area contributed by atoms with Crippen molar-refractivity contribution in [3.05, 3.63) is 47.5 Å². The Hall–Kier alpha value is -1.59. The first-order chi connectivity index (χ1) is 14.5. The molecule has 4 nitrogen and oxygen atoms in total. The van der Waals surface area contributed by atoms with Gasteiger partial charge in [-0.2, -0.15) is 0 Å². The molecule has 0 radical (unpaired) electrons. The topological polar surface area (TPSA) is 42.3 Å². The summed E-state index contributed by atoms with van der Waals surface area (Å²) in [6, 6.07) is 11.7. The highest BCUT2D eigenvalue weighted by atomic mass is 35.5. The van der Waals surface area contributed by atoms with E-state index in [2.05, 4.69) is 23.3 Å². The van der Waals surface area contributed by atoms with Gasteiger partial charge in [0.1, 0.15) is 0 Å². The number of alkyl halides is 2. The molecule has 0 N–H and O–H groups in total. The monoisotopic (exact) mass is 482 g/mol. The molecule has 2 aromatic carbocycles. The van der Waals surface area contributed by atoms with E-state index in [4.69, 9.17) is 23.2 Å². The Kier molecular flexibility index (Phi) is 9.83. The number of benzene rings is 2. The third-order valence-electron chi connectivity index (χ3n) is 5.69. The van der Waals surface area contributed by atoms with Gasteiger partial charge in [-0.15, -0.1) is 35.6 Å². The molecule has 0 amide bonds. The highest BCUT2D eigenvalue weighted by molar-refractivity contribution is 6.20. The average Bonchev–Trinajstić information content (AvgIpc) is 3.07. The molecule has 3 rings (SSSR count). The van der Waals surface area contributed by atoms with Crippen LogP contribution >= 0.6 is 35.6 Å². The molecule has 1 aromatic heterocycles. The van der Waals surface area contributed by atoms with E-state index in [1.165, 1.54) is 0 Å². The van der Waals surface area contributed by atoms with Gasteiger partial charge in [0.05, 0.1) is 0 Å². The van der Waals surface area contributed by atoms with Gasteiger partial charge in [0.2, 0.25) is 0 Å². The van der Waals surface area contributed by atoms with Gasteiger partial charge in [0.25, 0.3) is 0 Å². The Bertz CT molecular complexity index is 983. The zero-order valence-electron chi connectivity index (χ0n) is 18.0. The second-order valence-electron chi connectivity index (χ2n) is 7.37. The number of fused-ring (bicyclic) bond motifs is 3. The molecule has 0 saturated carbocycles. The number of ketones is 2. The van der Waals surface area contributed by atoms with Crippen molar-refractivity contribution in [3.63, 3.8) is 0 Å². The summed E-state index contributed by atoms with van der Waals surface area (Å²) in [5, 5.41) is 1.98. The molecule has 3 aromatic rings. The maximum Gasteiger partial charge on any atom is 0.164 e. The standard InChI is InChI=1S/C24H28Cl2N2O2.ClH/c1-3-27(4-2)13-14-28-21-7-5-17(23(29)9-11-25)15-19(21)20-16-18(6-8-22(20)28)24(30)10-12-26;/h5-8,15-16H,3-4,9-14H2,1-2H3;1H. The first-order valence-electron chi connectivity index (χ1n) is 10.5. The van der Waals surface area contributed by atoms with Crippen LogP contribution < -0.4 is 0 Å². The Morgan fingerprint density at radius 2 is 1.29 bits per heavy atom. The van der Waals surface area contributed by atoms with Crippen LogP contribution in [0, 0.1) is 0 Å². The van der Waals surface area contributed by atoms with Crippen LogP contribution in [0.2, 0.25) is 0 Å². The Labute approximate surface area is 199 Å². The maximum absolute atomic E-state index is 12.4. The van der Waals surface area contributed by atoms with Gasteiger partial charge in [-0.05, 0) is 49.5 Å². The average molecular weight is 484 g/mol. The normalized spacial score (nSPS) is 11.3. The summed E-state index contributed by atoms with van der Waals surface area (Å²) < 4.78 is 2.29. The number of rotatable bonds is 11. The van der Waals surface area contributed by atoms with Crippen molar-refractivity contribution >= 4 is 69.0 Å². The molecule has 0 aliphatic carbocycles. The summed E-state index contributed by atoms with van der Waals surface area (Å²) in [4.78, 5) is 27.2.